The lowest BCUT2D eigenvalue weighted by Gasteiger charge is -2.11. The third kappa shape index (κ3) is 4.06. The topological polar surface area (TPSA) is 113 Å². The fourth-order valence-corrected chi connectivity index (χ4v) is 2.80. The zero-order valence-electron chi connectivity index (χ0n) is 14.0. The SMILES string of the molecule is O=C(CCn1c(=O)[nH]c(=O)c2ccccc21)NNC(=O)c1ccccc1Cl. The van der Waals surface area contributed by atoms with Gasteiger partial charge in [-0.1, -0.05) is 35.9 Å². The Labute approximate surface area is 157 Å². The summed E-state index contributed by atoms with van der Waals surface area (Å²) in [5.41, 5.74) is 4.11. The van der Waals surface area contributed by atoms with Crippen molar-refractivity contribution in [2.45, 2.75) is 13.0 Å². The number of nitrogens with one attached hydrogen (secondary N) is 3. The number of carbonyl (C=O) groups excluding carboxylic acids is 2. The summed E-state index contributed by atoms with van der Waals surface area (Å²) < 4.78 is 1.30. The molecule has 2 amide bonds. The van der Waals surface area contributed by atoms with E-state index < -0.39 is 23.1 Å². The molecule has 3 aromatic rings. The molecule has 2 aromatic carbocycles. The van der Waals surface area contributed by atoms with Crippen molar-refractivity contribution in [2.75, 3.05) is 0 Å². The number of aryl methyl sites for hydroxylation is 1. The Balaban J connectivity index is 1.66. The molecule has 3 N–H and O–H groups in total. The number of amides is 2. The number of H-pyrrole nitrogens is 1. The van der Waals surface area contributed by atoms with Gasteiger partial charge in [0.1, 0.15) is 0 Å². The van der Waals surface area contributed by atoms with E-state index in [0.29, 0.717) is 10.9 Å². The van der Waals surface area contributed by atoms with E-state index in [9.17, 15) is 19.2 Å². The van der Waals surface area contributed by atoms with Crippen molar-refractivity contribution >= 4 is 34.3 Å². The molecule has 1 heterocycles. The second-order valence-corrected chi connectivity index (χ2v) is 6.07. The summed E-state index contributed by atoms with van der Waals surface area (Å²) >= 11 is 5.92. The van der Waals surface area contributed by atoms with E-state index in [2.05, 4.69) is 15.8 Å². The number of rotatable bonds is 4. The third-order valence-corrected chi connectivity index (χ3v) is 4.23. The van der Waals surface area contributed by atoms with Gasteiger partial charge in [-0.15, -0.1) is 0 Å². The maximum absolute atomic E-state index is 12.0. The first-order chi connectivity index (χ1) is 13.0. The smallest absolute Gasteiger partial charge is 0.293 e. The van der Waals surface area contributed by atoms with Crippen molar-refractivity contribution in [3.05, 3.63) is 80.0 Å². The van der Waals surface area contributed by atoms with E-state index >= 15 is 0 Å². The quantitative estimate of drug-likeness (QED) is 0.584. The summed E-state index contributed by atoms with van der Waals surface area (Å²) in [7, 11) is 0. The number of benzene rings is 2. The van der Waals surface area contributed by atoms with Crippen LogP contribution >= 0.6 is 11.6 Å². The second-order valence-electron chi connectivity index (χ2n) is 5.66. The number of hydrogen-bond donors (Lipinski definition) is 3. The van der Waals surface area contributed by atoms with E-state index in [1.165, 1.54) is 10.6 Å². The summed E-state index contributed by atoms with van der Waals surface area (Å²) in [5, 5.41) is 0.611. The molecule has 0 saturated carbocycles. The number of nitrogens with zero attached hydrogens (tertiary/aromatic N) is 1. The van der Waals surface area contributed by atoms with Gasteiger partial charge in [0.05, 0.1) is 21.5 Å². The average molecular weight is 387 g/mol. The van der Waals surface area contributed by atoms with E-state index in [0.717, 1.165) is 0 Å². The van der Waals surface area contributed by atoms with Crippen LogP contribution in [0.15, 0.2) is 58.1 Å². The van der Waals surface area contributed by atoms with Gasteiger partial charge in [-0.2, -0.15) is 0 Å². The highest BCUT2D eigenvalue weighted by atomic mass is 35.5. The lowest BCUT2D eigenvalue weighted by Crippen LogP contribution is -2.42. The number of aromatic nitrogens is 2. The molecule has 0 saturated heterocycles. The molecule has 27 heavy (non-hydrogen) atoms. The molecular formula is C18H15ClN4O4. The van der Waals surface area contributed by atoms with E-state index in [1.54, 1.807) is 42.5 Å². The van der Waals surface area contributed by atoms with E-state index in [4.69, 9.17) is 11.6 Å². The Bertz CT molecular complexity index is 1140. The van der Waals surface area contributed by atoms with Crippen molar-refractivity contribution < 1.29 is 9.59 Å². The molecule has 0 atom stereocenters. The molecule has 0 fully saturated rings. The highest BCUT2D eigenvalue weighted by Crippen LogP contribution is 2.14. The van der Waals surface area contributed by atoms with Crippen LogP contribution < -0.4 is 22.1 Å². The Kier molecular flexibility index (Phi) is 5.37. The fourth-order valence-electron chi connectivity index (χ4n) is 2.58. The van der Waals surface area contributed by atoms with Crippen LogP contribution in [0.1, 0.15) is 16.8 Å². The van der Waals surface area contributed by atoms with Gasteiger partial charge in [-0.05, 0) is 24.3 Å². The molecule has 3 rings (SSSR count). The number of hydrazine groups is 1. The highest BCUT2D eigenvalue weighted by molar-refractivity contribution is 6.33. The van der Waals surface area contributed by atoms with Crippen LogP contribution in [-0.4, -0.2) is 21.4 Å². The number of halogens is 1. The first kappa shape index (κ1) is 18.4. The van der Waals surface area contributed by atoms with Gasteiger partial charge >= 0.3 is 5.69 Å². The predicted octanol–water partition coefficient (Wildman–Crippen LogP) is 1.19. The molecule has 138 valence electrons. The summed E-state index contributed by atoms with van der Waals surface area (Å²) in [5.74, 6) is -1.06. The van der Waals surface area contributed by atoms with Crippen LogP contribution in [0.2, 0.25) is 5.02 Å². The van der Waals surface area contributed by atoms with Gasteiger partial charge in [0, 0.05) is 13.0 Å². The summed E-state index contributed by atoms with van der Waals surface area (Å²) in [4.78, 5) is 50.1. The monoisotopic (exact) mass is 386 g/mol. The number of hydrogen-bond acceptors (Lipinski definition) is 4. The molecule has 0 aliphatic heterocycles. The van der Waals surface area contributed by atoms with Crippen LogP contribution in [0, 0.1) is 0 Å². The standard InChI is InChI=1S/C18H15ClN4O4/c19-13-7-3-1-5-11(13)17(26)22-21-15(24)9-10-23-14-8-4-2-6-12(14)16(25)20-18(23)27/h1-8H,9-10H2,(H,21,24)(H,22,26)(H,20,25,27). The fraction of sp³-hybridized carbons (Fsp3) is 0.111. The Morgan fingerprint density at radius 2 is 1.70 bits per heavy atom. The number of fused-ring (bicyclic) bond motifs is 1. The van der Waals surface area contributed by atoms with Gasteiger partial charge in [0.15, 0.2) is 0 Å². The molecule has 0 bridgehead atoms. The lowest BCUT2D eigenvalue weighted by molar-refractivity contribution is -0.122. The Morgan fingerprint density at radius 1 is 1.00 bits per heavy atom. The zero-order chi connectivity index (χ0) is 19.4. The number of aromatic amines is 1. The Hall–Kier alpha value is -3.39. The van der Waals surface area contributed by atoms with Crippen molar-refractivity contribution in [1.82, 2.24) is 20.4 Å². The van der Waals surface area contributed by atoms with Gasteiger partial charge in [-0.3, -0.25) is 34.8 Å². The largest absolute Gasteiger partial charge is 0.328 e. The number of para-hydroxylation sites is 1. The first-order valence-corrected chi connectivity index (χ1v) is 8.41. The lowest BCUT2D eigenvalue weighted by atomic mass is 10.2. The van der Waals surface area contributed by atoms with Gasteiger partial charge in [0.2, 0.25) is 5.91 Å². The maximum atomic E-state index is 12.0. The molecular weight excluding hydrogens is 372 g/mol. The van der Waals surface area contributed by atoms with Gasteiger partial charge in [-0.25, -0.2) is 4.79 Å². The van der Waals surface area contributed by atoms with Crippen LogP contribution in [-0.2, 0) is 11.3 Å². The third-order valence-electron chi connectivity index (χ3n) is 3.90. The second kappa shape index (κ2) is 7.88. The molecule has 0 aliphatic rings. The van der Waals surface area contributed by atoms with Crippen LogP contribution in [0.25, 0.3) is 10.9 Å². The molecule has 0 aliphatic carbocycles. The van der Waals surface area contributed by atoms with Crippen LogP contribution in [0.3, 0.4) is 0 Å². The molecule has 0 spiro atoms. The molecule has 9 heteroatoms. The number of carbonyl (C=O) groups is 2. The minimum Gasteiger partial charge on any atom is -0.293 e. The predicted molar refractivity (Wildman–Crippen MR) is 101 cm³/mol. The zero-order valence-corrected chi connectivity index (χ0v) is 14.7. The Morgan fingerprint density at radius 3 is 2.48 bits per heavy atom. The van der Waals surface area contributed by atoms with Crippen molar-refractivity contribution in [1.29, 1.82) is 0 Å². The molecule has 0 unspecified atom stereocenters. The maximum Gasteiger partial charge on any atom is 0.328 e. The minimum absolute atomic E-state index is 0.0317. The van der Waals surface area contributed by atoms with Crippen molar-refractivity contribution in [3.8, 4) is 0 Å². The van der Waals surface area contributed by atoms with Crippen molar-refractivity contribution in [3.63, 3.8) is 0 Å². The van der Waals surface area contributed by atoms with E-state index in [-0.39, 0.29) is 23.6 Å². The minimum atomic E-state index is -0.605. The molecule has 1 aromatic heterocycles. The normalized spacial score (nSPS) is 10.6. The van der Waals surface area contributed by atoms with Crippen LogP contribution in [0.4, 0.5) is 0 Å². The summed E-state index contributed by atoms with van der Waals surface area (Å²) in [6, 6.07) is 13.0. The molecule has 8 nitrogen and oxygen atoms in total. The van der Waals surface area contributed by atoms with Crippen LogP contribution in [0.5, 0.6) is 0 Å². The molecule has 0 radical (unpaired) electrons. The summed E-state index contributed by atoms with van der Waals surface area (Å²) in [6.45, 7) is 0.0317. The van der Waals surface area contributed by atoms with Crippen molar-refractivity contribution in [2.24, 2.45) is 0 Å². The van der Waals surface area contributed by atoms with E-state index in [1.807, 2.05) is 0 Å². The summed E-state index contributed by atoms with van der Waals surface area (Å²) in [6.07, 6.45) is -0.0846. The average Bonchev–Trinajstić information content (AvgIpc) is 2.66. The van der Waals surface area contributed by atoms with Gasteiger partial charge in [0.25, 0.3) is 11.5 Å². The first-order valence-electron chi connectivity index (χ1n) is 8.03. The highest BCUT2D eigenvalue weighted by Gasteiger charge is 2.12. The van der Waals surface area contributed by atoms with Gasteiger partial charge < -0.3 is 0 Å².